The van der Waals surface area contributed by atoms with E-state index in [2.05, 4.69) is 13.8 Å². The number of rotatable bonds is 4. The summed E-state index contributed by atoms with van der Waals surface area (Å²) < 4.78 is 5.23. The second-order valence-corrected chi connectivity index (χ2v) is 2.91. The zero-order valence-electron chi connectivity index (χ0n) is 6.55. The van der Waals surface area contributed by atoms with Crippen molar-refractivity contribution in [2.75, 3.05) is 13.2 Å². The summed E-state index contributed by atoms with van der Waals surface area (Å²) in [6, 6.07) is 0.170. The van der Waals surface area contributed by atoms with Gasteiger partial charge < -0.3 is 10.5 Å². The second kappa shape index (κ2) is 4.77. The lowest BCUT2D eigenvalue weighted by Gasteiger charge is -2.08. The summed E-state index contributed by atoms with van der Waals surface area (Å²) in [6.07, 6.45) is 0. The zero-order chi connectivity index (χ0) is 7.28. The zero-order valence-corrected chi connectivity index (χ0v) is 6.55. The van der Waals surface area contributed by atoms with Gasteiger partial charge in [0.05, 0.1) is 6.61 Å². The quantitative estimate of drug-likeness (QED) is 0.618. The van der Waals surface area contributed by atoms with Gasteiger partial charge in [-0.25, -0.2) is 0 Å². The van der Waals surface area contributed by atoms with Crippen molar-refractivity contribution in [2.24, 2.45) is 11.7 Å². The Labute approximate surface area is 57.4 Å². The molecule has 2 heteroatoms. The van der Waals surface area contributed by atoms with Gasteiger partial charge in [0, 0.05) is 12.6 Å². The number of ether oxygens (including phenoxy) is 1. The van der Waals surface area contributed by atoms with Crippen LogP contribution in [0.2, 0.25) is 0 Å². The van der Waals surface area contributed by atoms with E-state index in [9.17, 15) is 0 Å². The van der Waals surface area contributed by atoms with E-state index in [0.717, 1.165) is 6.61 Å². The van der Waals surface area contributed by atoms with Gasteiger partial charge in [0.1, 0.15) is 0 Å². The van der Waals surface area contributed by atoms with E-state index in [4.69, 9.17) is 10.5 Å². The molecule has 56 valence electrons. The van der Waals surface area contributed by atoms with Crippen LogP contribution in [0.3, 0.4) is 0 Å². The van der Waals surface area contributed by atoms with Crippen LogP contribution in [0.25, 0.3) is 0 Å². The minimum atomic E-state index is 0.170. The predicted molar refractivity (Wildman–Crippen MR) is 39.3 cm³/mol. The minimum Gasteiger partial charge on any atom is -0.380 e. The van der Waals surface area contributed by atoms with E-state index in [0.29, 0.717) is 12.5 Å². The summed E-state index contributed by atoms with van der Waals surface area (Å²) in [5.41, 5.74) is 5.45. The van der Waals surface area contributed by atoms with E-state index in [1.165, 1.54) is 0 Å². The third kappa shape index (κ3) is 7.92. The number of hydrogen-bond donors (Lipinski definition) is 1. The third-order valence-corrected chi connectivity index (χ3v) is 0.832. The summed E-state index contributed by atoms with van der Waals surface area (Å²) in [6.45, 7) is 7.70. The third-order valence-electron chi connectivity index (χ3n) is 0.832. The SMILES string of the molecule is CC(C)COC[C@@H](C)N. The van der Waals surface area contributed by atoms with Crippen LogP contribution < -0.4 is 5.73 Å². The van der Waals surface area contributed by atoms with Crippen LogP contribution in [-0.4, -0.2) is 19.3 Å². The average molecular weight is 131 g/mol. The molecule has 0 aromatic heterocycles. The molecule has 1 atom stereocenters. The first kappa shape index (κ1) is 8.92. The van der Waals surface area contributed by atoms with Crippen molar-refractivity contribution in [1.29, 1.82) is 0 Å². The van der Waals surface area contributed by atoms with Gasteiger partial charge in [-0.05, 0) is 12.8 Å². The molecule has 0 aliphatic rings. The number of hydrogen-bond acceptors (Lipinski definition) is 2. The van der Waals surface area contributed by atoms with E-state index >= 15 is 0 Å². The monoisotopic (exact) mass is 131 g/mol. The maximum atomic E-state index is 5.45. The average Bonchev–Trinajstić information content (AvgIpc) is 1.63. The molecule has 0 bridgehead atoms. The van der Waals surface area contributed by atoms with Crippen molar-refractivity contribution in [1.82, 2.24) is 0 Å². The van der Waals surface area contributed by atoms with Gasteiger partial charge in [-0.15, -0.1) is 0 Å². The Kier molecular flexibility index (Phi) is 4.72. The van der Waals surface area contributed by atoms with Crippen LogP contribution >= 0.6 is 0 Å². The molecule has 0 aliphatic heterocycles. The van der Waals surface area contributed by atoms with Crippen LogP contribution in [0.4, 0.5) is 0 Å². The van der Waals surface area contributed by atoms with Gasteiger partial charge in [-0.1, -0.05) is 13.8 Å². The highest BCUT2D eigenvalue weighted by Gasteiger charge is 1.95. The summed E-state index contributed by atoms with van der Waals surface area (Å²) >= 11 is 0. The van der Waals surface area contributed by atoms with Crippen molar-refractivity contribution >= 4 is 0 Å². The normalized spacial score (nSPS) is 14.3. The number of nitrogens with two attached hydrogens (primary N) is 1. The summed E-state index contributed by atoms with van der Waals surface area (Å²) in [4.78, 5) is 0. The van der Waals surface area contributed by atoms with E-state index in [1.54, 1.807) is 0 Å². The fourth-order valence-corrected chi connectivity index (χ4v) is 0.490. The first-order valence-corrected chi connectivity index (χ1v) is 3.46. The molecule has 0 spiro atoms. The highest BCUT2D eigenvalue weighted by atomic mass is 16.5. The molecular weight excluding hydrogens is 114 g/mol. The molecule has 0 aliphatic carbocycles. The smallest absolute Gasteiger partial charge is 0.0614 e. The Morgan fingerprint density at radius 3 is 2.11 bits per heavy atom. The molecule has 0 amide bonds. The first-order chi connectivity index (χ1) is 4.13. The molecule has 9 heavy (non-hydrogen) atoms. The topological polar surface area (TPSA) is 35.2 Å². The maximum absolute atomic E-state index is 5.45. The second-order valence-electron chi connectivity index (χ2n) is 2.91. The van der Waals surface area contributed by atoms with Gasteiger partial charge >= 0.3 is 0 Å². The summed E-state index contributed by atoms with van der Waals surface area (Å²) in [5, 5.41) is 0. The molecule has 2 N–H and O–H groups in total. The lowest BCUT2D eigenvalue weighted by Crippen LogP contribution is -2.22. The highest BCUT2D eigenvalue weighted by molar-refractivity contribution is 4.49. The highest BCUT2D eigenvalue weighted by Crippen LogP contribution is 1.92. The molecule has 0 aromatic carbocycles. The lowest BCUT2D eigenvalue weighted by molar-refractivity contribution is 0.101. The van der Waals surface area contributed by atoms with E-state index < -0.39 is 0 Å². The first-order valence-electron chi connectivity index (χ1n) is 3.46. The van der Waals surface area contributed by atoms with E-state index in [-0.39, 0.29) is 6.04 Å². The van der Waals surface area contributed by atoms with Crippen LogP contribution in [-0.2, 0) is 4.74 Å². The van der Waals surface area contributed by atoms with Crippen molar-refractivity contribution < 1.29 is 4.74 Å². The van der Waals surface area contributed by atoms with Crippen molar-refractivity contribution in [3.63, 3.8) is 0 Å². The fourth-order valence-electron chi connectivity index (χ4n) is 0.490. The molecule has 0 aromatic rings. The Bertz CT molecular complexity index is 53.9. The predicted octanol–water partition coefficient (Wildman–Crippen LogP) is 1.01. The Balaban J connectivity index is 2.91. The molecule has 0 saturated carbocycles. The van der Waals surface area contributed by atoms with Gasteiger partial charge in [-0.3, -0.25) is 0 Å². The fraction of sp³-hybridized carbons (Fsp3) is 1.00. The maximum Gasteiger partial charge on any atom is 0.0614 e. The van der Waals surface area contributed by atoms with Gasteiger partial charge in [0.25, 0.3) is 0 Å². The lowest BCUT2D eigenvalue weighted by atomic mass is 10.2. The van der Waals surface area contributed by atoms with Crippen molar-refractivity contribution in [2.45, 2.75) is 26.8 Å². The van der Waals surface area contributed by atoms with Crippen LogP contribution in [0.15, 0.2) is 0 Å². The van der Waals surface area contributed by atoms with Gasteiger partial charge in [0.2, 0.25) is 0 Å². The van der Waals surface area contributed by atoms with E-state index in [1.807, 2.05) is 6.92 Å². The molecular formula is C7H17NO. The molecule has 2 nitrogen and oxygen atoms in total. The Hall–Kier alpha value is -0.0800. The molecule has 0 saturated heterocycles. The molecule has 0 radical (unpaired) electrons. The standard InChI is InChI=1S/C7H17NO/c1-6(2)4-9-5-7(3)8/h6-7H,4-5,8H2,1-3H3/t7-/m1/s1. The van der Waals surface area contributed by atoms with Crippen LogP contribution in [0, 0.1) is 5.92 Å². The van der Waals surface area contributed by atoms with Crippen LogP contribution in [0.5, 0.6) is 0 Å². The molecule has 0 rings (SSSR count). The van der Waals surface area contributed by atoms with Gasteiger partial charge in [0.15, 0.2) is 0 Å². The molecule has 0 fully saturated rings. The Morgan fingerprint density at radius 2 is 1.78 bits per heavy atom. The summed E-state index contributed by atoms with van der Waals surface area (Å²) in [5.74, 6) is 0.615. The largest absolute Gasteiger partial charge is 0.380 e. The van der Waals surface area contributed by atoms with Gasteiger partial charge in [-0.2, -0.15) is 0 Å². The van der Waals surface area contributed by atoms with Crippen molar-refractivity contribution in [3.8, 4) is 0 Å². The van der Waals surface area contributed by atoms with Crippen molar-refractivity contribution in [3.05, 3.63) is 0 Å². The molecule has 0 unspecified atom stereocenters. The summed E-state index contributed by atoms with van der Waals surface area (Å²) in [7, 11) is 0. The Morgan fingerprint density at radius 1 is 1.22 bits per heavy atom. The minimum absolute atomic E-state index is 0.170. The van der Waals surface area contributed by atoms with Crippen LogP contribution in [0.1, 0.15) is 20.8 Å². The molecule has 0 heterocycles.